The number of halogens is 3. The molecule has 0 spiro atoms. The topological polar surface area (TPSA) is 98.6 Å². The summed E-state index contributed by atoms with van der Waals surface area (Å²) < 4.78 is 66.5. The second-order valence-corrected chi connectivity index (χ2v) is 9.28. The predicted octanol–water partition coefficient (Wildman–Crippen LogP) is 1.12. The molecule has 158 valence electrons. The number of sulfone groups is 1. The molecule has 2 rings (SSSR count). The first kappa shape index (κ1) is 22.2. The molecule has 8 nitrogen and oxygen atoms in total. The van der Waals surface area contributed by atoms with Gasteiger partial charge in [-0.1, -0.05) is 13.8 Å². The van der Waals surface area contributed by atoms with Crippen molar-refractivity contribution in [3.05, 3.63) is 18.0 Å². The third kappa shape index (κ3) is 6.21. The zero-order valence-electron chi connectivity index (χ0n) is 15.5. The summed E-state index contributed by atoms with van der Waals surface area (Å²) in [6, 6.07) is 0.252. The Bertz CT molecular complexity index is 820. The lowest BCUT2D eigenvalue weighted by Crippen LogP contribution is -2.45. The van der Waals surface area contributed by atoms with Crippen LogP contribution in [0, 0.1) is 5.92 Å². The van der Waals surface area contributed by atoms with Crippen molar-refractivity contribution in [2.24, 2.45) is 5.92 Å². The number of hydrogen-bond acceptors (Lipinski definition) is 6. The monoisotopic (exact) mass is 425 g/mol. The number of nitrogens with zero attached hydrogens (tertiary/aromatic N) is 3. The van der Waals surface area contributed by atoms with Crippen LogP contribution in [0.15, 0.2) is 12.3 Å². The van der Waals surface area contributed by atoms with Crippen molar-refractivity contribution in [1.82, 2.24) is 14.7 Å². The van der Waals surface area contributed by atoms with E-state index in [0.717, 1.165) is 16.9 Å². The summed E-state index contributed by atoms with van der Waals surface area (Å²) >= 11 is 0. The van der Waals surface area contributed by atoms with Crippen molar-refractivity contribution in [2.45, 2.75) is 39.0 Å². The highest BCUT2D eigenvalue weighted by atomic mass is 32.2. The molecule has 0 saturated carbocycles. The van der Waals surface area contributed by atoms with Gasteiger partial charge in [-0.3, -0.25) is 14.3 Å². The van der Waals surface area contributed by atoms with Crippen molar-refractivity contribution in [2.75, 3.05) is 24.7 Å². The molecule has 0 bridgehead atoms. The van der Waals surface area contributed by atoms with E-state index in [4.69, 9.17) is 4.74 Å². The van der Waals surface area contributed by atoms with E-state index in [1.165, 1.54) is 4.90 Å². The van der Waals surface area contributed by atoms with Crippen molar-refractivity contribution < 1.29 is 35.9 Å². The molecule has 1 aromatic rings. The smallest absolute Gasteiger partial charge is 0.435 e. The molecule has 12 heteroatoms. The maximum atomic E-state index is 12.5. The summed E-state index contributed by atoms with van der Waals surface area (Å²) in [6.45, 7) is 2.85. The highest BCUT2D eigenvalue weighted by molar-refractivity contribution is 7.91. The minimum absolute atomic E-state index is 0.000166. The lowest BCUT2D eigenvalue weighted by atomic mass is 10.1. The fourth-order valence-corrected chi connectivity index (χ4v) is 4.60. The second kappa shape index (κ2) is 8.50. The van der Waals surface area contributed by atoms with E-state index in [2.05, 4.69) is 5.10 Å². The number of amides is 1. The normalized spacial score (nSPS) is 19.0. The van der Waals surface area contributed by atoms with Gasteiger partial charge in [-0.15, -0.1) is 0 Å². The van der Waals surface area contributed by atoms with Gasteiger partial charge in [0.2, 0.25) is 0 Å². The molecule has 28 heavy (non-hydrogen) atoms. The van der Waals surface area contributed by atoms with Crippen LogP contribution in [-0.2, 0) is 36.9 Å². The summed E-state index contributed by atoms with van der Waals surface area (Å²) in [5.41, 5.74) is -1.14. The number of hydrogen-bond donors (Lipinski definition) is 0. The first-order valence-corrected chi connectivity index (χ1v) is 10.5. The molecule has 1 fully saturated rings. The Morgan fingerprint density at radius 3 is 2.57 bits per heavy atom. The maximum Gasteiger partial charge on any atom is 0.435 e. The third-order valence-electron chi connectivity index (χ3n) is 4.11. The van der Waals surface area contributed by atoms with Crippen LogP contribution in [-0.4, -0.2) is 65.7 Å². The lowest BCUT2D eigenvalue weighted by molar-refractivity contribution is -0.154. The maximum absolute atomic E-state index is 12.5. The molecule has 1 atom stereocenters. The van der Waals surface area contributed by atoms with Gasteiger partial charge < -0.3 is 9.64 Å². The van der Waals surface area contributed by atoms with Crippen molar-refractivity contribution >= 4 is 21.7 Å². The zero-order valence-corrected chi connectivity index (χ0v) is 16.3. The number of alkyl halides is 3. The van der Waals surface area contributed by atoms with Crippen LogP contribution in [0.25, 0.3) is 0 Å². The summed E-state index contributed by atoms with van der Waals surface area (Å²) in [6.07, 6.45) is -3.31. The van der Waals surface area contributed by atoms with Gasteiger partial charge in [0, 0.05) is 18.8 Å². The number of carbonyl (C=O) groups excluding carboxylic acids is 2. The molecule has 1 aromatic heterocycles. The fraction of sp³-hybridized carbons (Fsp3) is 0.688. The second-order valence-electron chi connectivity index (χ2n) is 7.05. The average molecular weight is 425 g/mol. The number of carbonyl (C=O) groups is 2. The van der Waals surface area contributed by atoms with E-state index in [1.807, 2.05) is 13.8 Å². The van der Waals surface area contributed by atoms with Crippen molar-refractivity contribution in [3.63, 3.8) is 0 Å². The Morgan fingerprint density at radius 2 is 2.07 bits per heavy atom. The minimum Gasteiger partial charge on any atom is -0.454 e. The first-order valence-electron chi connectivity index (χ1n) is 8.63. The van der Waals surface area contributed by atoms with Gasteiger partial charge in [-0.05, 0) is 18.4 Å². The molecule has 1 amide bonds. The molecular formula is C16H22F3N3O5S. The largest absolute Gasteiger partial charge is 0.454 e. The molecule has 0 aliphatic carbocycles. The Labute approximate surface area is 160 Å². The van der Waals surface area contributed by atoms with E-state index < -0.39 is 52.8 Å². The third-order valence-corrected chi connectivity index (χ3v) is 5.86. The van der Waals surface area contributed by atoms with Crippen LogP contribution in [0.5, 0.6) is 0 Å². The Balaban J connectivity index is 1.92. The van der Waals surface area contributed by atoms with Gasteiger partial charge in [-0.25, -0.2) is 8.42 Å². The van der Waals surface area contributed by atoms with E-state index in [9.17, 15) is 31.2 Å². The van der Waals surface area contributed by atoms with Crippen LogP contribution in [0.4, 0.5) is 13.2 Å². The van der Waals surface area contributed by atoms with Gasteiger partial charge in [0.1, 0.15) is 6.54 Å². The molecule has 1 unspecified atom stereocenters. The Kier molecular flexibility index (Phi) is 6.73. The number of ether oxygens (including phenoxy) is 1. The quantitative estimate of drug-likeness (QED) is 0.607. The average Bonchev–Trinajstić information content (AvgIpc) is 3.16. The van der Waals surface area contributed by atoms with Crippen LogP contribution in [0.1, 0.15) is 26.0 Å². The Hall–Kier alpha value is -2.11. The van der Waals surface area contributed by atoms with Gasteiger partial charge in [-0.2, -0.15) is 18.3 Å². The van der Waals surface area contributed by atoms with Crippen LogP contribution >= 0.6 is 0 Å². The summed E-state index contributed by atoms with van der Waals surface area (Å²) in [5, 5.41) is 3.23. The molecule has 0 aromatic carbocycles. The van der Waals surface area contributed by atoms with Gasteiger partial charge in [0.15, 0.2) is 22.1 Å². The standard InChI is InChI=1S/C16H22F3N3O5S/c1-11(2)7-22(12-4-6-28(25,26)10-12)14(23)9-27-15(24)8-21-5-3-13(20-21)16(17,18)19/h3,5,11-12H,4,6-10H2,1-2H3. The number of aromatic nitrogens is 2. The van der Waals surface area contributed by atoms with E-state index in [0.29, 0.717) is 13.0 Å². The lowest BCUT2D eigenvalue weighted by Gasteiger charge is -2.29. The van der Waals surface area contributed by atoms with Gasteiger partial charge in [0.25, 0.3) is 5.91 Å². The van der Waals surface area contributed by atoms with Crippen LogP contribution in [0.3, 0.4) is 0 Å². The highest BCUT2D eigenvalue weighted by Crippen LogP contribution is 2.27. The van der Waals surface area contributed by atoms with E-state index in [1.54, 1.807) is 0 Å². The fourth-order valence-electron chi connectivity index (χ4n) is 2.87. The van der Waals surface area contributed by atoms with Crippen LogP contribution < -0.4 is 0 Å². The van der Waals surface area contributed by atoms with Crippen molar-refractivity contribution in [3.8, 4) is 0 Å². The van der Waals surface area contributed by atoms with Crippen molar-refractivity contribution in [1.29, 1.82) is 0 Å². The molecule has 1 aliphatic heterocycles. The molecule has 1 aliphatic rings. The van der Waals surface area contributed by atoms with Gasteiger partial charge >= 0.3 is 12.1 Å². The summed E-state index contributed by atoms with van der Waals surface area (Å²) in [4.78, 5) is 25.7. The Morgan fingerprint density at radius 1 is 1.39 bits per heavy atom. The zero-order chi connectivity index (χ0) is 21.1. The van der Waals surface area contributed by atoms with E-state index >= 15 is 0 Å². The first-order chi connectivity index (χ1) is 12.9. The summed E-state index contributed by atoms with van der Waals surface area (Å²) in [7, 11) is -3.20. The SMILES string of the molecule is CC(C)CN(C(=O)COC(=O)Cn1ccc(C(F)(F)F)n1)C1CCS(=O)(=O)C1. The van der Waals surface area contributed by atoms with Gasteiger partial charge in [0.05, 0.1) is 11.5 Å². The van der Waals surface area contributed by atoms with Crippen LogP contribution in [0.2, 0.25) is 0 Å². The van der Waals surface area contributed by atoms with E-state index in [-0.39, 0.29) is 17.4 Å². The molecule has 1 saturated heterocycles. The minimum atomic E-state index is -4.62. The molecule has 2 heterocycles. The number of esters is 1. The molecular weight excluding hydrogens is 403 g/mol. The molecule has 0 N–H and O–H groups in total. The molecule has 0 radical (unpaired) electrons. The predicted molar refractivity (Wildman–Crippen MR) is 91.8 cm³/mol. The number of rotatable bonds is 7. The summed E-state index contributed by atoms with van der Waals surface area (Å²) in [5.74, 6) is -1.52. The highest BCUT2D eigenvalue weighted by Gasteiger charge is 2.35.